The fraction of sp³-hybridized carbons (Fsp3) is 0.412. The lowest BCUT2D eigenvalue weighted by Gasteiger charge is -2.16. The molecule has 0 amide bonds. The van der Waals surface area contributed by atoms with Crippen molar-refractivity contribution < 1.29 is 32.2 Å². The van der Waals surface area contributed by atoms with Crippen LogP contribution in [0.4, 0.5) is 0 Å². The molecule has 2 aromatic rings. The Hall–Kier alpha value is -2.04. The Morgan fingerprint density at radius 1 is 1.00 bits per heavy atom. The maximum Gasteiger partial charge on any atom is 0.340 e. The smallest absolute Gasteiger partial charge is 0.340 e. The lowest BCUT2D eigenvalue weighted by atomic mass is 10.2. The molecule has 0 spiro atoms. The third kappa shape index (κ3) is 8.81. The number of halogens is 2. The van der Waals surface area contributed by atoms with E-state index in [1.165, 1.54) is 6.07 Å². The summed E-state index contributed by atoms with van der Waals surface area (Å²) in [4.78, 5) is 25.7. The van der Waals surface area contributed by atoms with Gasteiger partial charge in [-0.15, -0.1) is 11.3 Å². The van der Waals surface area contributed by atoms with Crippen molar-refractivity contribution in [1.29, 1.82) is 0 Å². The van der Waals surface area contributed by atoms with Crippen LogP contribution < -0.4 is 37.1 Å². The van der Waals surface area contributed by atoms with E-state index in [1.807, 2.05) is 4.72 Å². The van der Waals surface area contributed by atoms with E-state index < -0.39 is 23.9 Å². The Balaban J connectivity index is 2.42. The van der Waals surface area contributed by atoms with Gasteiger partial charge in [-0.25, -0.2) is 8.42 Å². The van der Waals surface area contributed by atoms with E-state index in [2.05, 4.69) is 9.98 Å². The van der Waals surface area contributed by atoms with E-state index in [-0.39, 0.29) is 74.1 Å². The molecule has 0 fully saturated rings. The minimum absolute atomic E-state index is 0.0307. The van der Waals surface area contributed by atoms with Crippen molar-refractivity contribution in [3.63, 3.8) is 0 Å². The second kappa shape index (κ2) is 13.0. The third-order valence-corrected chi connectivity index (χ3v) is 8.82. The number of benzene rings is 1. The van der Waals surface area contributed by atoms with Crippen molar-refractivity contribution in [1.82, 2.24) is 4.72 Å². The van der Waals surface area contributed by atoms with Gasteiger partial charge in [0.1, 0.15) is 15.5 Å². The monoisotopic (exact) mass is 605 g/mol. The Bertz CT molecular complexity index is 1220. The standard InChI is InChI=1S/C17H26Cl2N7O7PS2/c18-11-9-7-10(36(30,31)26-8-34(27,28)29)35-15(9)12(19)14(33-6-2-4-25-17(22)23)13(11)32-5-1-3-24-16(20)21/h7,26H,1-6,8H2,(H4,20,21,24)(H4,22,23,25)(H2,27,28,29). The molecule has 11 N–H and O–H groups in total. The predicted octanol–water partition coefficient (Wildman–Crippen LogP) is 0.706. The van der Waals surface area contributed by atoms with Crippen molar-refractivity contribution >= 4 is 74.2 Å². The topological polar surface area (TPSA) is 251 Å². The molecule has 1 heterocycles. The van der Waals surface area contributed by atoms with Crippen molar-refractivity contribution in [2.75, 3.05) is 32.6 Å². The van der Waals surface area contributed by atoms with Gasteiger partial charge < -0.3 is 42.2 Å². The van der Waals surface area contributed by atoms with E-state index >= 15 is 0 Å². The SMILES string of the molecule is NC(N)=NCCCOc1c(OCCCN=C(N)N)c(Cl)c2sc(S(=O)(=O)NCP(=O)(O)O)cc2c1Cl. The third-order valence-electron chi connectivity index (χ3n) is 4.16. The zero-order valence-electron chi connectivity index (χ0n) is 18.7. The zero-order valence-corrected chi connectivity index (χ0v) is 22.7. The Labute approximate surface area is 220 Å². The van der Waals surface area contributed by atoms with Gasteiger partial charge in [-0.1, -0.05) is 23.2 Å². The van der Waals surface area contributed by atoms with E-state index in [9.17, 15) is 13.0 Å². The first kappa shape index (κ1) is 30.2. The lowest BCUT2D eigenvalue weighted by Crippen LogP contribution is -2.23. The van der Waals surface area contributed by atoms with Crippen LogP contribution in [-0.2, 0) is 14.6 Å². The highest BCUT2D eigenvalue weighted by Crippen LogP contribution is 2.50. The fourth-order valence-corrected chi connectivity index (χ4v) is 6.81. The highest BCUT2D eigenvalue weighted by Gasteiger charge is 2.27. The van der Waals surface area contributed by atoms with Crippen LogP contribution in [0.25, 0.3) is 10.1 Å². The molecule has 14 nitrogen and oxygen atoms in total. The summed E-state index contributed by atoms with van der Waals surface area (Å²) in [6.45, 7) is 0.832. The maximum absolute atomic E-state index is 12.6. The molecule has 0 radical (unpaired) electrons. The molecule has 0 unspecified atom stereocenters. The Morgan fingerprint density at radius 2 is 1.50 bits per heavy atom. The highest BCUT2D eigenvalue weighted by atomic mass is 35.5. The number of hydrogen-bond donors (Lipinski definition) is 7. The molecule has 0 bridgehead atoms. The van der Waals surface area contributed by atoms with E-state index in [1.54, 1.807) is 0 Å². The van der Waals surface area contributed by atoms with Crippen LogP contribution in [0.1, 0.15) is 12.8 Å². The molecule has 0 atom stereocenters. The number of guanidine groups is 2. The number of fused-ring (bicyclic) bond motifs is 1. The number of ether oxygens (including phenoxy) is 2. The Kier molecular flexibility index (Phi) is 10.9. The van der Waals surface area contributed by atoms with Crippen LogP contribution in [0.15, 0.2) is 20.3 Å². The van der Waals surface area contributed by atoms with Gasteiger partial charge in [-0.2, -0.15) is 4.72 Å². The number of nitrogens with zero attached hydrogens (tertiary/aromatic N) is 2. The summed E-state index contributed by atoms with van der Waals surface area (Å²) < 4.78 is 49.7. The predicted molar refractivity (Wildman–Crippen MR) is 141 cm³/mol. The first-order valence-electron chi connectivity index (χ1n) is 10.1. The lowest BCUT2D eigenvalue weighted by molar-refractivity contribution is 0.266. The van der Waals surface area contributed by atoms with Crippen LogP contribution in [0, 0.1) is 0 Å². The molecule has 0 aliphatic carbocycles. The number of sulfonamides is 1. The summed E-state index contributed by atoms with van der Waals surface area (Å²) in [6, 6.07) is 1.23. The van der Waals surface area contributed by atoms with E-state index in [0.717, 1.165) is 11.3 Å². The summed E-state index contributed by atoms with van der Waals surface area (Å²) in [5, 5.41) is 0.315. The molecule has 0 aliphatic heterocycles. The van der Waals surface area contributed by atoms with Gasteiger partial charge in [0.05, 0.1) is 22.9 Å². The number of aliphatic imine (C=N–C) groups is 2. The van der Waals surface area contributed by atoms with Crippen molar-refractivity contribution in [2.45, 2.75) is 17.1 Å². The summed E-state index contributed by atoms with van der Waals surface area (Å²) in [6.07, 6.45) is -0.229. The second-order valence-corrected chi connectivity index (χ2v) is 12.5. The highest BCUT2D eigenvalue weighted by molar-refractivity contribution is 7.92. The van der Waals surface area contributed by atoms with Gasteiger partial charge in [0.15, 0.2) is 23.4 Å². The van der Waals surface area contributed by atoms with Crippen LogP contribution in [0.2, 0.25) is 10.0 Å². The summed E-state index contributed by atoms with van der Waals surface area (Å²) in [5.41, 5.74) is 21.2. The van der Waals surface area contributed by atoms with Crippen molar-refractivity contribution in [3.8, 4) is 11.5 Å². The van der Waals surface area contributed by atoms with Gasteiger partial charge in [0.25, 0.3) is 10.0 Å². The minimum atomic E-state index is -4.63. The fourth-order valence-electron chi connectivity index (χ4n) is 2.64. The van der Waals surface area contributed by atoms with Gasteiger partial charge in [-0.05, 0) is 6.07 Å². The normalized spacial score (nSPS) is 11.9. The molecule has 36 heavy (non-hydrogen) atoms. The average Bonchev–Trinajstić information content (AvgIpc) is 3.23. The van der Waals surface area contributed by atoms with Crippen molar-refractivity contribution in [3.05, 3.63) is 16.1 Å². The van der Waals surface area contributed by atoms with Gasteiger partial charge in [0, 0.05) is 31.3 Å². The van der Waals surface area contributed by atoms with Crippen LogP contribution in [0.3, 0.4) is 0 Å². The number of nitrogens with one attached hydrogen (secondary N) is 1. The maximum atomic E-state index is 12.6. The van der Waals surface area contributed by atoms with Gasteiger partial charge >= 0.3 is 7.60 Å². The average molecular weight is 606 g/mol. The molecule has 19 heteroatoms. The Morgan fingerprint density at radius 3 is 1.97 bits per heavy atom. The molecule has 0 aliphatic rings. The first-order chi connectivity index (χ1) is 16.7. The molecular formula is C17H26Cl2N7O7PS2. The van der Waals surface area contributed by atoms with Gasteiger partial charge in [0.2, 0.25) is 0 Å². The largest absolute Gasteiger partial charge is 0.488 e. The number of nitrogens with two attached hydrogens (primary N) is 4. The minimum Gasteiger partial charge on any atom is -0.488 e. The molecule has 1 aromatic carbocycles. The quantitative estimate of drug-likeness (QED) is 0.0682. The number of hydrogen-bond acceptors (Lipinski definition) is 8. The van der Waals surface area contributed by atoms with Crippen LogP contribution in [0.5, 0.6) is 11.5 Å². The zero-order chi connectivity index (χ0) is 27.1. The van der Waals surface area contributed by atoms with E-state index in [0.29, 0.717) is 12.8 Å². The van der Waals surface area contributed by atoms with Gasteiger partial charge in [-0.3, -0.25) is 14.5 Å². The summed E-state index contributed by atoms with van der Waals surface area (Å²) >= 11 is 13.9. The molecule has 1 aromatic heterocycles. The summed E-state index contributed by atoms with van der Waals surface area (Å²) in [5.74, 6) is 0.0176. The molecule has 0 saturated heterocycles. The molecule has 0 saturated carbocycles. The summed E-state index contributed by atoms with van der Waals surface area (Å²) in [7, 11) is -8.91. The number of thiophene rings is 1. The van der Waals surface area contributed by atoms with Crippen molar-refractivity contribution in [2.24, 2.45) is 32.9 Å². The van der Waals surface area contributed by atoms with Crippen LogP contribution >= 0.6 is 42.1 Å². The second-order valence-electron chi connectivity index (χ2n) is 7.08. The molecule has 2 rings (SSSR count). The van der Waals surface area contributed by atoms with Crippen LogP contribution in [-0.4, -0.2) is 62.7 Å². The molecular weight excluding hydrogens is 580 g/mol. The number of rotatable bonds is 14. The first-order valence-corrected chi connectivity index (χ1v) is 14.9. The van der Waals surface area contributed by atoms with E-state index in [4.69, 9.17) is 65.4 Å². The molecule has 202 valence electrons.